The van der Waals surface area contributed by atoms with Crippen molar-refractivity contribution >= 4 is 22.4 Å². The van der Waals surface area contributed by atoms with Crippen LogP contribution in [-0.2, 0) is 11.2 Å². The second-order valence-electron chi connectivity index (χ2n) is 7.01. The van der Waals surface area contributed by atoms with Crippen molar-refractivity contribution in [3.63, 3.8) is 0 Å². The first-order valence-electron chi connectivity index (χ1n) is 10.4. The van der Waals surface area contributed by atoms with E-state index < -0.39 is 6.10 Å². The standard InChI is InChI=1S/C24H28N2O3S/c1-3-8-21-23(18-11-13-19(14-12-18)29-4-2)26-24(30-21)25-22(28)16-15-20(27)17-9-6-5-7-10-17/h5-7,9-14,20,27H,3-4,8,15-16H2,1-2H3,(H,25,26,28)/t20-/m0/s1. The van der Waals surface area contributed by atoms with E-state index in [1.807, 2.05) is 61.5 Å². The summed E-state index contributed by atoms with van der Waals surface area (Å²) in [6.45, 7) is 4.72. The zero-order valence-electron chi connectivity index (χ0n) is 17.4. The number of nitrogens with zero attached hydrogens (tertiary/aromatic N) is 1. The van der Waals surface area contributed by atoms with E-state index in [0.29, 0.717) is 18.2 Å². The minimum atomic E-state index is -0.650. The average Bonchev–Trinajstić information content (AvgIpc) is 3.16. The molecule has 158 valence electrons. The summed E-state index contributed by atoms with van der Waals surface area (Å²) in [5.74, 6) is 0.694. The number of ether oxygens (including phenoxy) is 1. The van der Waals surface area contributed by atoms with Gasteiger partial charge in [0.1, 0.15) is 5.75 Å². The van der Waals surface area contributed by atoms with Gasteiger partial charge < -0.3 is 15.2 Å². The van der Waals surface area contributed by atoms with Gasteiger partial charge in [-0.2, -0.15) is 0 Å². The van der Waals surface area contributed by atoms with Crippen LogP contribution in [0.4, 0.5) is 5.13 Å². The van der Waals surface area contributed by atoms with E-state index in [9.17, 15) is 9.90 Å². The fraction of sp³-hybridized carbons (Fsp3) is 0.333. The van der Waals surface area contributed by atoms with Gasteiger partial charge in [-0.1, -0.05) is 43.7 Å². The van der Waals surface area contributed by atoms with Crippen molar-refractivity contribution in [3.8, 4) is 17.0 Å². The first kappa shape index (κ1) is 22.0. The molecule has 2 aromatic carbocycles. The molecule has 0 saturated heterocycles. The fourth-order valence-electron chi connectivity index (χ4n) is 3.19. The third-order valence-electron chi connectivity index (χ3n) is 4.69. The van der Waals surface area contributed by atoms with E-state index in [2.05, 4.69) is 17.2 Å². The van der Waals surface area contributed by atoms with Crippen LogP contribution in [0.2, 0.25) is 0 Å². The molecule has 0 aliphatic rings. The highest BCUT2D eigenvalue weighted by Crippen LogP contribution is 2.33. The Balaban J connectivity index is 1.65. The zero-order chi connectivity index (χ0) is 21.3. The Morgan fingerprint density at radius 2 is 1.87 bits per heavy atom. The number of rotatable bonds is 10. The van der Waals surface area contributed by atoms with Crippen LogP contribution in [0.1, 0.15) is 49.7 Å². The van der Waals surface area contributed by atoms with Gasteiger partial charge in [0, 0.05) is 16.9 Å². The number of aromatic nitrogens is 1. The first-order valence-corrected chi connectivity index (χ1v) is 11.2. The molecule has 0 spiro atoms. The summed E-state index contributed by atoms with van der Waals surface area (Å²) < 4.78 is 5.52. The Morgan fingerprint density at radius 3 is 2.53 bits per heavy atom. The SMILES string of the molecule is CCCc1sc(NC(=O)CC[C@H](O)c2ccccc2)nc1-c1ccc(OCC)cc1. The van der Waals surface area contributed by atoms with Crippen molar-refractivity contribution in [1.29, 1.82) is 0 Å². The number of thiazole rings is 1. The first-order chi connectivity index (χ1) is 14.6. The minimum absolute atomic E-state index is 0.139. The van der Waals surface area contributed by atoms with E-state index >= 15 is 0 Å². The number of benzene rings is 2. The molecule has 0 aliphatic carbocycles. The van der Waals surface area contributed by atoms with Gasteiger partial charge in [0.05, 0.1) is 18.4 Å². The van der Waals surface area contributed by atoms with Crippen LogP contribution in [-0.4, -0.2) is 22.6 Å². The topological polar surface area (TPSA) is 71.5 Å². The van der Waals surface area contributed by atoms with Gasteiger partial charge in [-0.15, -0.1) is 11.3 Å². The molecule has 0 aliphatic heterocycles. The number of nitrogens with one attached hydrogen (secondary N) is 1. The number of aryl methyl sites for hydroxylation is 1. The van der Waals surface area contributed by atoms with Gasteiger partial charge in [0.15, 0.2) is 5.13 Å². The normalized spacial score (nSPS) is 11.8. The molecule has 6 heteroatoms. The minimum Gasteiger partial charge on any atom is -0.494 e. The molecular weight excluding hydrogens is 396 g/mol. The Morgan fingerprint density at radius 1 is 1.13 bits per heavy atom. The van der Waals surface area contributed by atoms with Crippen molar-refractivity contribution in [2.24, 2.45) is 0 Å². The number of amides is 1. The van der Waals surface area contributed by atoms with E-state index in [1.54, 1.807) is 0 Å². The Labute approximate surface area is 181 Å². The monoisotopic (exact) mass is 424 g/mol. The van der Waals surface area contributed by atoms with Gasteiger partial charge in [0.25, 0.3) is 0 Å². The van der Waals surface area contributed by atoms with Crippen LogP contribution in [0.25, 0.3) is 11.3 Å². The molecule has 3 rings (SSSR count). The fourth-order valence-corrected chi connectivity index (χ4v) is 4.30. The van der Waals surface area contributed by atoms with Crippen LogP contribution in [0.5, 0.6) is 5.75 Å². The van der Waals surface area contributed by atoms with Crippen molar-refractivity contribution < 1.29 is 14.6 Å². The molecule has 3 aromatic rings. The molecule has 1 atom stereocenters. The molecule has 0 radical (unpaired) electrons. The van der Waals surface area contributed by atoms with Crippen LogP contribution in [0.15, 0.2) is 54.6 Å². The quantitative estimate of drug-likeness (QED) is 0.443. The van der Waals surface area contributed by atoms with Crippen molar-refractivity contribution in [2.45, 2.75) is 45.6 Å². The smallest absolute Gasteiger partial charge is 0.226 e. The largest absolute Gasteiger partial charge is 0.494 e. The molecule has 1 heterocycles. The van der Waals surface area contributed by atoms with Crippen molar-refractivity contribution in [3.05, 3.63) is 65.0 Å². The number of anilines is 1. The zero-order valence-corrected chi connectivity index (χ0v) is 18.2. The number of hydrogen-bond donors (Lipinski definition) is 2. The number of carbonyl (C=O) groups is 1. The molecule has 0 bridgehead atoms. The number of aliphatic hydroxyl groups excluding tert-OH is 1. The molecule has 2 N–H and O–H groups in total. The highest BCUT2D eigenvalue weighted by Gasteiger charge is 2.16. The average molecular weight is 425 g/mol. The third kappa shape index (κ3) is 5.90. The predicted molar refractivity (Wildman–Crippen MR) is 122 cm³/mol. The molecule has 5 nitrogen and oxygen atoms in total. The molecule has 0 saturated carbocycles. The molecule has 1 aromatic heterocycles. The Bertz CT molecular complexity index is 939. The lowest BCUT2D eigenvalue weighted by atomic mass is 10.1. The summed E-state index contributed by atoms with van der Waals surface area (Å²) in [6.07, 6.45) is 1.86. The lowest BCUT2D eigenvalue weighted by Crippen LogP contribution is -2.12. The summed E-state index contributed by atoms with van der Waals surface area (Å²) in [5.41, 5.74) is 2.74. The van der Waals surface area contributed by atoms with Gasteiger partial charge in [-0.3, -0.25) is 4.79 Å². The lowest BCUT2D eigenvalue weighted by Gasteiger charge is -2.10. The number of carbonyl (C=O) groups excluding carboxylic acids is 1. The van der Waals surface area contributed by atoms with E-state index in [0.717, 1.165) is 40.3 Å². The number of aliphatic hydroxyl groups is 1. The summed E-state index contributed by atoms with van der Waals surface area (Å²) in [6, 6.07) is 17.3. The number of hydrogen-bond acceptors (Lipinski definition) is 5. The molecule has 30 heavy (non-hydrogen) atoms. The van der Waals surface area contributed by atoms with E-state index in [-0.39, 0.29) is 12.3 Å². The molecule has 0 unspecified atom stereocenters. The second kappa shape index (κ2) is 10.9. The lowest BCUT2D eigenvalue weighted by molar-refractivity contribution is -0.116. The van der Waals surface area contributed by atoms with Crippen molar-refractivity contribution in [1.82, 2.24) is 4.98 Å². The van der Waals surface area contributed by atoms with Crippen LogP contribution >= 0.6 is 11.3 Å². The van der Waals surface area contributed by atoms with Crippen LogP contribution < -0.4 is 10.1 Å². The van der Waals surface area contributed by atoms with Gasteiger partial charge in [-0.05, 0) is 49.6 Å². The van der Waals surface area contributed by atoms with E-state index in [1.165, 1.54) is 11.3 Å². The van der Waals surface area contributed by atoms with Crippen molar-refractivity contribution in [2.75, 3.05) is 11.9 Å². The Hall–Kier alpha value is -2.70. The molecular formula is C24H28N2O3S. The summed E-state index contributed by atoms with van der Waals surface area (Å²) >= 11 is 1.52. The second-order valence-corrected chi connectivity index (χ2v) is 8.10. The highest BCUT2D eigenvalue weighted by molar-refractivity contribution is 7.16. The maximum absolute atomic E-state index is 12.4. The third-order valence-corrected chi connectivity index (χ3v) is 5.72. The predicted octanol–water partition coefficient (Wildman–Crippen LogP) is 5.61. The van der Waals surface area contributed by atoms with Gasteiger partial charge in [0.2, 0.25) is 5.91 Å². The van der Waals surface area contributed by atoms with Gasteiger partial charge >= 0.3 is 0 Å². The van der Waals surface area contributed by atoms with Crippen LogP contribution in [0.3, 0.4) is 0 Å². The van der Waals surface area contributed by atoms with E-state index in [4.69, 9.17) is 4.74 Å². The summed E-state index contributed by atoms with van der Waals surface area (Å²) in [7, 11) is 0. The molecule has 0 fully saturated rings. The van der Waals surface area contributed by atoms with Crippen LogP contribution in [0, 0.1) is 0 Å². The van der Waals surface area contributed by atoms with Gasteiger partial charge in [-0.25, -0.2) is 4.98 Å². The highest BCUT2D eigenvalue weighted by atomic mass is 32.1. The maximum Gasteiger partial charge on any atom is 0.226 e. The summed E-state index contributed by atoms with van der Waals surface area (Å²) in [4.78, 5) is 18.2. The molecule has 1 amide bonds. The maximum atomic E-state index is 12.4. The Kier molecular flexibility index (Phi) is 7.99. The summed E-state index contributed by atoms with van der Waals surface area (Å²) in [5, 5.41) is 13.8.